The van der Waals surface area contributed by atoms with E-state index in [-0.39, 0.29) is 18.1 Å². The number of hydrogen-bond donors (Lipinski definition) is 2. The van der Waals surface area contributed by atoms with Crippen LogP contribution in [-0.4, -0.2) is 22.8 Å². The second-order valence-corrected chi connectivity index (χ2v) is 5.17. The van der Waals surface area contributed by atoms with Crippen LogP contribution in [0.3, 0.4) is 0 Å². The normalized spacial score (nSPS) is 19.3. The Morgan fingerprint density at radius 2 is 2.00 bits per heavy atom. The molecule has 3 rings (SSSR count). The third-order valence-corrected chi connectivity index (χ3v) is 4.04. The molecule has 1 saturated carbocycles. The van der Waals surface area contributed by atoms with Gasteiger partial charge in [-0.15, -0.1) is 0 Å². The largest absolute Gasteiger partial charge is 0.480 e. The van der Waals surface area contributed by atoms with Crippen molar-refractivity contribution in [3.05, 3.63) is 29.3 Å². The lowest BCUT2D eigenvalue weighted by atomic mass is 9.64. The Morgan fingerprint density at radius 3 is 2.58 bits per heavy atom. The fourth-order valence-electron chi connectivity index (χ4n) is 2.72. The topological polar surface area (TPSA) is 83.5 Å². The predicted octanol–water partition coefficient (Wildman–Crippen LogP) is 1.62. The van der Waals surface area contributed by atoms with Gasteiger partial charge in [0, 0.05) is 11.3 Å². The summed E-state index contributed by atoms with van der Waals surface area (Å²) in [4.78, 5) is 35.0. The molecule has 0 unspecified atom stereocenters. The van der Waals surface area contributed by atoms with E-state index in [1.807, 2.05) is 0 Å². The van der Waals surface area contributed by atoms with E-state index < -0.39 is 11.4 Å². The van der Waals surface area contributed by atoms with Crippen LogP contribution in [0.25, 0.3) is 0 Å². The number of fused-ring (bicyclic) bond motifs is 1. The molecule has 1 fully saturated rings. The molecule has 5 nitrogen and oxygen atoms in total. The summed E-state index contributed by atoms with van der Waals surface area (Å²) in [5, 5.41) is 12.0. The maximum atomic E-state index is 12.4. The Morgan fingerprint density at radius 1 is 1.26 bits per heavy atom. The molecular formula is C14H13NO4. The molecule has 0 aromatic heterocycles. The van der Waals surface area contributed by atoms with Crippen molar-refractivity contribution < 1.29 is 19.5 Å². The average molecular weight is 259 g/mol. The van der Waals surface area contributed by atoms with E-state index in [0.717, 1.165) is 12.0 Å². The fourth-order valence-corrected chi connectivity index (χ4v) is 2.72. The first-order valence-corrected chi connectivity index (χ1v) is 6.24. The lowest BCUT2D eigenvalue weighted by Crippen LogP contribution is -2.45. The Balaban J connectivity index is 1.95. The molecule has 2 aliphatic rings. The Hall–Kier alpha value is -2.17. The summed E-state index contributed by atoms with van der Waals surface area (Å²) in [6, 6.07) is 4.90. The summed E-state index contributed by atoms with van der Waals surface area (Å²) in [5.41, 5.74) is 0.609. The van der Waals surface area contributed by atoms with Crippen molar-refractivity contribution in [2.45, 2.75) is 25.7 Å². The number of ketones is 1. The second kappa shape index (κ2) is 3.91. The molecule has 98 valence electrons. The van der Waals surface area contributed by atoms with E-state index in [1.165, 1.54) is 0 Å². The zero-order valence-corrected chi connectivity index (χ0v) is 10.2. The molecule has 0 atom stereocenters. The van der Waals surface area contributed by atoms with Crippen molar-refractivity contribution in [2.24, 2.45) is 5.41 Å². The van der Waals surface area contributed by atoms with Crippen LogP contribution in [0.4, 0.5) is 5.69 Å². The van der Waals surface area contributed by atoms with Gasteiger partial charge >= 0.3 is 5.97 Å². The second-order valence-electron chi connectivity index (χ2n) is 5.17. The first kappa shape index (κ1) is 11.9. The molecule has 2 N–H and O–H groups in total. The highest BCUT2D eigenvalue weighted by molar-refractivity contribution is 6.13. The molecule has 1 aliphatic carbocycles. The summed E-state index contributed by atoms with van der Waals surface area (Å²) >= 11 is 0. The van der Waals surface area contributed by atoms with Gasteiger partial charge in [-0.25, -0.2) is 0 Å². The third-order valence-electron chi connectivity index (χ3n) is 4.04. The van der Waals surface area contributed by atoms with E-state index >= 15 is 0 Å². The Bertz CT molecular complexity index is 601. The van der Waals surface area contributed by atoms with Crippen molar-refractivity contribution in [1.82, 2.24) is 0 Å². The van der Waals surface area contributed by atoms with Gasteiger partial charge in [-0.3, -0.25) is 14.4 Å². The van der Waals surface area contributed by atoms with E-state index in [0.29, 0.717) is 24.1 Å². The van der Waals surface area contributed by atoms with Crippen molar-refractivity contribution in [1.29, 1.82) is 0 Å². The molecule has 0 saturated heterocycles. The van der Waals surface area contributed by atoms with Gasteiger partial charge in [0.15, 0.2) is 5.78 Å². The number of benzene rings is 1. The van der Waals surface area contributed by atoms with Crippen LogP contribution in [0.2, 0.25) is 0 Å². The van der Waals surface area contributed by atoms with Gasteiger partial charge in [-0.1, -0.05) is 6.42 Å². The molecule has 1 aromatic rings. The summed E-state index contributed by atoms with van der Waals surface area (Å²) < 4.78 is 0. The summed E-state index contributed by atoms with van der Waals surface area (Å²) in [6.07, 6.45) is 1.81. The third kappa shape index (κ3) is 1.65. The molecule has 1 aliphatic heterocycles. The number of carbonyl (C=O) groups excluding carboxylic acids is 2. The van der Waals surface area contributed by atoms with Crippen LogP contribution in [0, 0.1) is 5.41 Å². The van der Waals surface area contributed by atoms with Crippen LogP contribution in [0.5, 0.6) is 0 Å². The number of carboxylic acid groups (broad SMARTS) is 1. The maximum Gasteiger partial charge on any atom is 0.317 e. The molecule has 1 aromatic carbocycles. The molecule has 5 heteroatoms. The van der Waals surface area contributed by atoms with E-state index in [1.54, 1.807) is 18.2 Å². The van der Waals surface area contributed by atoms with Crippen LogP contribution in [0.1, 0.15) is 35.2 Å². The van der Waals surface area contributed by atoms with Crippen LogP contribution in [-0.2, 0) is 16.0 Å². The molecule has 19 heavy (non-hydrogen) atoms. The summed E-state index contributed by atoms with van der Waals surface area (Å²) in [6.45, 7) is 0. The van der Waals surface area contributed by atoms with Crippen LogP contribution >= 0.6 is 0 Å². The van der Waals surface area contributed by atoms with E-state index in [2.05, 4.69) is 5.32 Å². The van der Waals surface area contributed by atoms with Crippen LogP contribution < -0.4 is 5.32 Å². The standard InChI is InChI=1S/C14H13NO4/c16-11-7-9-6-8(2-3-10(9)15-11)12(17)14(13(18)19)4-1-5-14/h2-3,6H,1,4-5,7H2,(H,15,16)(H,18,19). The number of aliphatic carboxylic acids is 1. The quantitative estimate of drug-likeness (QED) is 0.638. The number of hydrogen-bond acceptors (Lipinski definition) is 3. The van der Waals surface area contributed by atoms with E-state index in [4.69, 9.17) is 0 Å². The van der Waals surface area contributed by atoms with Crippen molar-refractivity contribution in [2.75, 3.05) is 5.32 Å². The van der Waals surface area contributed by atoms with Crippen molar-refractivity contribution in [3.63, 3.8) is 0 Å². The molecule has 0 spiro atoms. The smallest absolute Gasteiger partial charge is 0.317 e. The van der Waals surface area contributed by atoms with Gasteiger partial charge in [0.05, 0.1) is 6.42 Å². The predicted molar refractivity (Wildman–Crippen MR) is 67.0 cm³/mol. The fraction of sp³-hybridized carbons (Fsp3) is 0.357. The van der Waals surface area contributed by atoms with Gasteiger partial charge in [-0.2, -0.15) is 0 Å². The van der Waals surface area contributed by atoms with Gasteiger partial charge in [0.1, 0.15) is 5.41 Å². The number of Topliss-reactive ketones (excluding diaryl/α,β-unsaturated/α-hetero) is 1. The minimum atomic E-state index is -1.25. The summed E-state index contributed by atoms with van der Waals surface area (Å²) in [7, 11) is 0. The number of anilines is 1. The van der Waals surface area contributed by atoms with Gasteiger partial charge in [0.2, 0.25) is 5.91 Å². The zero-order chi connectivity index (χ0) is 13.6. The van der Waals surface area contributed by atoms with Crippen molar-refractivity contribution >= 4 is 23.3 Å². The van der Waals surface area contributed by atoms with Gasteiger partial charge < -0.3 is 10.4 Å². The maximum absolute atomic E-state index is 12.4. The number of amides is 1. The molecule has 1 amide bonds. The number of carbonyl (C=O) groups is 3. The SMILES string of the molecule is O=C1Cc2cc(C(=O)C3(C(=O)O)CCC3)ccc2N1. The highest BCUT2D eigenvalue weighted by atomic mass is 16.4. The minimum Gasteiger partial charge on any atom is -0.480 e. The number of nitrogens with one attached hydrogen (secondary N) is 1. The Labute approximate surface area is 109 Å². The summed E-state index contributed by atoms with van der Waals surface area (Å²) in [5.74, 6) is -1.48. The number of carboxylic acids is 1. The highest BCUT2D eigenvalue weighted by Gasteiger charge is 2.51. The van der Waals surface area contributed by atoms with Crippen molar-refractivity contribution in [3.8, 4) is 0 Å². The first-order chi connectivity index (χ1) is 9.03. The molecule has 0 bridgehead atoms. The zero-order valence-electron chi connectivity index (χ0n) is 10.2. The monoisotopic (exact) mass is 259 g/mol. The van der Waals surface area contributed by atoms with Gasteiger partial charge in [0.25, 0.3) is 0 Å². The highest BCUT2D eigenvalue weighted by Crippen LogP contribution is 2.44. The van der Waals surface area contributed by atoms with E-state index in [9.17, 15) is 19.5 Å². The van der Waals surface area contributed by atoms with Gasteiger partial charge in [-0.05, 0) is 36.6 Å². The lowest BCUT2D eigenvalue weighted by Gasteiger charge is -2.36. The average Bonchev–Trinajstić information content (AvgIpc) is 2.65. The Kier molecular flexibility index (Phi) is 2.45. The molecule has 0 radical (unpaired) electrons. The number of rotatable bonds is 3. The molecule has 1 heterocycles. The lowest BCUT2D eigenvalue weighted by molar-refractivity contribution is -0.150. The minimum absolute atomic E-state index is 0.101. The van der Waals surface area contributed by atoms with Crippen LogP contribution in [0.15, 0.2) is 18.2 Å². The first-order valence-electron chi connectivity index (χ1n) is 6.24. The molecular weight excluding hydrogens is 246 g/mol.